The predicted octanol–water partition coefficient (Wildman–Crippen LogP) is 6.76. The number of aliphatic imine (C=N–C) groups is 1. The highest BCUT2D eigenvalue weighted by molar-refractivity contribution is 7.99. The Kier molecular flexibility index (Phi) is 8.43. The van der Waals surface area contributed by atoms with Crippen molar-refractivity contribution in [3.63, 3.8) is 0 Å². The maximum Gasteiger partial charge on any atom is 0.243 e. The average molecular weight is 587 g/mol. The summed E-state index contributed by atoms with van der Waals surface area (Å²) < 4.78 is 0. The van der Waals surface area contributed by atoms with Crippen molar-refractivity contribution in [2.45, 2.75) is 16.7 Å². The number of carbonyl (C=O) groups is 2. The lowest BCUT2D eigenvalue weighted by atomic mass is 9.98. The number of hydrogen-bond donors (Lipinski definition) is 0. The summed E-state index contributed by atoms with van der Waals surface area (Å²) in [5, 5.41) is 0. The summed E-state index contributed by atoms with van der Waals surface area (Å²) in [7, 11) is 1.74. The summed E-state index contributed by atoms with van der Waals surface area (Å²) in [4.78, 5) is 41.1. The summed E-state index contributed by atoms with van der Waals surface area (Å²) in [6.07, 6.45) is 1.82. The largest absolute Gasteiger partial charge is 0.353 e. The summed E-state index contributed by atoms with van der Waals surface area (Å²) in [6, 6.07) is 35.9. The molecule has 0 bridgehead atoms. The van der Waals surface area contributed by atoms with Gasteiger partial charge in [0.25, 0.3) is 0 Å². The maximum atomic E-state index is 14.1. The highest BCUT2D eigenvalue weighted by Gasteiger charge is 2.34. The number of para-hydroxylation sites is 2. The van der Waals surface area contributed by atoms with Gasteiger partial charge in [-0.2, -0.15) is 0 Å². The fraction of sp³-hybridized carbons (Fsp3) is 0.194. The van der Waals surface area contributed by atoms with E-state index in [1.54, 1.807) is 23.7 Å². The van der Waals surface area contributed by atoms with Crippen LogP contribution in [0.25, 0.3) is 5.57 Å². The van der Waals surface area contributed by atoms with Crippen molar-refractivity contribution in [1.29, 1.82) is 0 Å². The molecule has 0 N–H and O–H groups in total. The van der Waals surface area contributed by atoms with Gasteiger partial charge in [-0.25, -0.2) is 4.99 Å². The second kappa shape index (κ2) is 12.7. The minimum Gasteiger partial charge on any atom is -0.353 e. The summed E-state index contributed by atoms with van der Waals surface area (Å²) in [5.41, 5.74) is 4.69. The van der Waals surface area contributed by atoms with Crippen molar-refractivity contribution in [2.24, 2.45) is 10.9 Å². The zero-order valence-corrected chi connectivity index (χ0v) is 25.2. The monoisotopic (exact) mass is 586 g/mol. The van der Waals surface area contributed by atoms with E-state index in [2.05, 4.69) is 35.2 Å². The van der Waals surface area contributed by atoms with E-state index in [0.29, 0.717) is 26.2 Å². The van der Waals surface area contributed by atoms with Gasteiger partial charge in [0, 0.05) is 54.3 Å². The fourth-order valence-electron chi connectivity index (χ4n) is 5.53. The van der Waals surface area contributed by atoms with E-state index in [9.17, 15) is 9.59 Å². The van der Waals surface area contributed by atoms with Crippen LogP contribution < -0.4 is 4.90 Å². The zero-order valence-electron chi connectivity index (χ0n) is 24.4. The van der Waals surface area contributed by atoms with Gasteiger partial charge in [0.05, 0.1) is 5.69 Å². The molecule has 1 fully saturated rings. The highest BCUT2D eigenvalue weighted by atomic mass is 32.2. The lowest BCUT2D eigenvalue weighted by molar-refractivity contribution is -0.140. The smallest absolute Gasteiger partial charge is 0.243 e. The lowest BCUT2D eigenvalue weighted by Gasteiger charge is -2.38. The maximum absolute atomic E-state index is 14.1. The molecule has 7 heteroatoms. The Hall–Kier alpha value is -4.62. The molecule has 6 nitrogen and oxygen atoms in total. The van der Waals surface area contributed by atoms with Gasteiger partial charge in [-0.05, 0) is 48.4 Å². The molecule has 4 aromatic carbocycles. The molecule has 1 unspecified atom stereocenters. The molecule has 6 rings (SSSR count). The van der Waals surface area contributed by atoms with Crippen LogP contribution in [0.1, 0.15) is 18.1 Å². The van der Waals surface area contributed by atoms with Crippen LogP contribution >= 0.6 is 11.8 Å². The molecule has 2 aliphatic rings. The van der Waals surface area contributed by atoms with Crippen molar-refractivity contribution >= 4 is 46.4 Å². The molecule has 216 valence electrons. The number of benzene rings is 4. The molecule has 0 saturated carbocycles. The van der Waals surface area contributed by atoms with E-state index < -0.39 is 5.92 Å². The fourth-order valence-corrected chi connectivity index (χ4v) is 6.55. The van der Waals surface area contributed by atoms with Crippen LogP contribution in [-0.2, 0) is 9.59 Å². The van der Waals surface area contributed by atoms with Gasteiger partial charge in [0.15, 0.2) is 0 Å². The molecule has 0 aromatic heterocycles. The third kappa shape index (κ3) is 6.13. The standard InChI is InChI=1S/C36H34N4O2S/c1-26(27-13-5-3-6-14-27)25-30(35(41)38(2)28-15-7-4-8-16-28)36(42)40-23-21-39(22-24-40)34-29-17-9-11-19-32(29)43-33-20-12-10-18-31(33)37-34/h3-20,25,30H,21-24H2,1-2H3/b26-25+. The molecule has 1 saturated heterocycles. The Labute approximate surface area is 257 Å². The molecule has 0 spiro atoms. The number of amides is 2. The molecule has 4 aromatic rings. The van der Waals surface area contributed by atoms with E-state index in [4.69, 9.17) is 4.99 Å². The Morgan fingerprint density at radius 3 is 2.12 bits per heavy atom. The number of anilines is 1. The first-order valence-electron chi connectivity index (χ1n) is 14.5. The third-order valence-corrected chi connectivity index (χ3v) is 9.12. The zero-order chi connectivity index (χ0) is 29.8. The first kappa shape index (κ1) is 28.5. The number of fused-ring (bicyclic) bond motifs is 2. The van der Waals surface area contributed by atoms with Crippen molar-refractivity contribution in [2.75, 3.05) is 38.1 Å². The molecule has 2 amide bonds. The molecule has 2 heterocycles. The van der Waals surface area contributed by atoms with Crippen LogP contribution in [0, 0.1) is 5.92 Å². The minimum absolute atomic E-state index is 0.174. The van der Waals surface area contributed by atoms with Crippen LogP contribution in [0.5, 0.6) is 0 Å². The second-order valence-electron chi connectivity index (χ2n) is 10.7. The number of amidine groups is 1. The van der Waals surface area contributed by atoms with Crippen molar-refractivity contribution in [3.05, 3.63) is 126 Å². The van der Waals surface area contributed by atoms with Gasteiger partial charge < -0.3 is 14.7 Å². The van der Waals surface area contributed by atoms with Crippen molar-refractivity contribution in [1.82, 2.24) is 9.80 Å². The van der Waals surface area contributed by atoms with Crippen LogP contribution in [-0.4, -0.2) is 60.7 Å². The number of rotatable bonds is 5. The average Bonchev–Trinajstić information content (AvgIpc) is 3.24. The minimum atomic E-state index is -0.934. The van der Waals surface area contributed by atoms with Crippen molar-refractivity contribution in [3.8, 4) is 0 Å². The molecule has 0 aliphatic carbocycles. The normalized spacial score (nSPS) is 15.5. The van der Waals surface area contributed by atoms with E-state index in [0.717, 1.165) is 38.8 Å². The Bertz CT molecular complexity index is 1680. The van der Waals surface area contributed by atoms with Gasteiger partial charge in [0.1, 0.15) is 11.8 Å². The third-order valence-electron chi connectivity index (χ3n) is 7.98. The molecule has 43 heavy (non-hydrogen) atoms. The Morgan fingerprint density at radius 2 is 1.40 bits per heavy atom. The van der Waals surface area contributed by atoms with E-state index in [-0.39, 0.29) is 11.8 Å². The van der Waals surface area contributed by atoms with Gasteiger partial charge in [-0.15, -0.1) is 0 Å². The first-order chi connectivity index (χ1) is 21.0. The summed E-state index contributed by atoms with van der Waals surface area (Å²) >= 11 is 1.73. The quantitative estimate of drug-likeness (QED) is 0.243. The topological polar surface area (TPSA) is 56.2 Å². The SMILES string of the molecule is C/C(=C\C(C(=O)N1CCN(C2=Nc3ccccc3Sc3ccccc32)CC1)C(=O)N(C)c1ccccc1)c1ccccc1. The Balaban J connectivity index is 1.25. The molecule has 1 atom stereocenters. The first-order valence-corrected chi connectivity index (χ1v) is 15.4. The van der Waals surface area contributed by atoms with Crippen molar-refractivity contribution < 1.29 is 9.59 Å². The lowest BCUT2D eigenvalue weighted by Crippen LogP contribution is -2.53. The van der Waals surface area contributed by atoms with E-state index in [1.807, 2.05) is 96.8 Å². The summed E-state index contributed by atoms with van der Waals surface area (Å²) in [5.74, 6) is -0.427. The van der Waals surface area contributed by atoms with E-state index in [1.165, 1.54) is 4.90 Å². The van der Waals surface area contributed by atoms with Crippen LogP contribution in [0.4, 0.5) is 11.4 Å². The number of piperazine rings is 1. The predicted molar refractivity (Wildman–Crippen MR) is 175 cm³/mol. The number of hydrogen-bond acceptors (Lipinski definition) is 5. The highest BCUT2D eigenvalue weighted by Crippen LogP contribution is 2.40. The Morgan fingerprint density at radius 1 is 0.791 bits per heavy atom. The van der Waals surface area contributed by atoms with E-state index >= 15 is 0 Å². The molecular formula is C36H34N4O2S. The van der Waals surface area contributed by atoms with Gasteiger partial charge in [-0.1, -0.05) is 96.7 Å². The number of allylic oxidation sites excluding steroid dienone is 1. The van der Waals surface area contributed by atoms with Gasteiger partial charge >= 0.3 is 0 Å². The summed E-state index contributed by atoms with van der Waals surface area (Å²) in [6.45, 7) is 4.23. The number of nitrogens with zero attached hydrogens (tertiary/aromatic N) is 4. The molecule has 0 radical (unpaired) electrons. The second-order valence-corrected chi connectivity index (χ2v) is 11.8. The molecule has 2 aliphatic heterocycles. The molecular weight excluding hydrogens is 552 g/mol. The van der Waals surface area contributed by atoms with Crippen LogP contribution in [0.15, 0.2) is 130 Å². The van der Waals surface area contributed by atoms with Crippen LogP contribution in [0.3, 0.4) is 0 Å². The van der Waals surface area contributed by atoms with Gasteiger partial charge in [0.2, 0.25) is 11.8 Å². The number of carbonyl (C=O) groups excluding carboxylic acids is 2. The van der Waals surface area contributed by atoms with Gasteiger partial charge in [-0.3, -0.25) is 9.59 Å². The van der Waals surface area contributed by atoms with Crippen LogP contribution in [0.2, 0.25) is 0 Å².